The van der Waals surface area contributed by atoms with E-state index in [-0.39, 0.29) is 17.3 Å². The molecule has 3 aromatic rings. The third kappa shape index (κ3) is 5.69. The molecular weight excluding hydrogens is 366 g/mol. The number of aliphatic imine (C=N–C) groups is 1. The second-order valence-electron chi connectivity index (χ2n) is 6.24. The van der Waals surface area contributed by atoms with Gasteiger partial charge < -0.3 is 5.11 Å². The van der Waals surface area contributed by atoms with Gasteiger partial charge in [0.15, 0.2) is 5.78 Å². The second-order valence-corrected chi connectivity index (χ2v) is 7.23. The Bertz CT molecular complexity index is 978. The Morgan fingerprint density at radius 2 is 1.46 bits per heavy atom. The molecule has 0 saturated carbocycles. The smallest absolute Gasteiger partial charge is 0.173 e. The molecule has 140 valence electrons. The van der Waals surface area contributed by atoms with Crippen molar-refractivity contribution in [3.63, 3.8) is 0 Å². The molecule has 3 rings (SSSR count). The molecule has 0 heterocycles. The third-order valence-corrected chi connectivity index (χ3v) is 4.94. The first-order valence-electron chi connectivity index (χ1n) is 8.92. The van der Waals surface area contributed by atoms with Crippen LogP contribution in [0.15, 0.2) is 96.0 Å². The predicted octanol–water partition coefficient (Wildman–Crippen LogP) is 5.04. The number of carbonyl (C=O) groups excluding carboxylic acids is 1. The van der Waals surface area contributed by atoms with Crippen LogP contribution in [0.2, 0.25) is 0 Å². The highest BCUT2D eigenvalue weighted by Crippen LogP contribution is 2.20. The van der Waals surface area contributed by atoms with Gasteiger partial charge in [0.25, 0.3) is 0 Å². The lowest BCUT2D eigenvalue weighted by atomic mass is 10.2. The molecule has 4 heteroatoms. The fourth-order valence-corrected chi connectivity index (χ4v) is 3.30. The summed E-state index contributed by atoms with van der Waals surface area (Å²) in [5.74, 6) is 0.0849. The minimum atomic E-state index is -0.133. The molecule has 0 radical (unpaired) electrons. The lowest BCUT2D eigenvalue weighted by Gasteiger charge is -2.13. The number of Topliss-reactive ketones (excluding diaryl/α,β-unsaturated/α-hetero) is 1. The number of thioether (sulfide) groups is 1. The molecule has 0 atom stereocenters. The van der Waals surface area contributed by atoms with Crippen molar-refractivity contribution in [1.29, 1.82) is 0 Å². The number of nitrogens with zero attached hydrogens (tertiary/aromatic N) is 1. The van der Waals surface area contributed by atoms with Gasteiger partial charge in [-0.25, -0.2) is 4.99 Å². The van der Waals surface area contributed by atoms with Crippen molar-refractivity contribution >= 4 is 34.0 Å². The Morgan fingerprint density at radius 1 is 0.893 bits per heavy atom. The summed E-state index contributed by atoms with van der Waals surface area (Å²) >= 11 is 1.27. The van der Waals surface area contributed by atoms with Crippen LogP contribution < -0.4 is 5.11 Å². The molecule has 0 amide bonds. The molecule has 0 bridgehead atoms. The zero-order valence-corrected chi connectivity index (χ0v) is 16.4. The Balaban J connectivity index is 1.84. The van der Waals surface area contributed by atoms with E-state index in [0.717, 1.165) is 11.3 Å². The van der Waals surface area contributed by atoms with E-state index in [4.69, 9.17) is 0 Å². The Morgan fingerprint density at radius 3 is 2.07 bits per heavy atom. The minimum absolute atomic E-state index is 0.00256. The molecule has 0 aliphatic heterocycles. The number of hydrogen-bond acceptors (Lipinski definition) is 4. The summed E-state index contributed by atoms with van der Waals surface area (Å²) in [6.07, 6.45) is 1.50. The average molecular weight is 386 g/mol. The third-order valence-electron chi connectivity index (χ3n) is 4.03. The monoisotopic (exact) mass is 386 g/mol. The van der Waals surface area contributed by atoms with Crippen molar-refractivity contribution < 1.29 is 9.90 Å². The van der Waals surface area contributed by atoms with Gasteiger partial charge in [-0.1, -0.05) is 95.9 Å². The highest BCUT2D eigenvalue weighted by molar-refractivity contribution is 8.14. The molecule has 0 saturated heterocycles. The summed E-state index contributed by atoms with van der Waals surface area (Å²) in [4.78, 5) is 17.0. The van der Waals surface area contributed by atoms with Gasteiger partial charge in [-0.2, -0.15) is 0 Å². The number of aryl methyl sites for hydroxylation is 1. The zero-order valence-electron chi connectivity index (χ0n) is 15.5. The maximum absolute atomic E-state index is 12.6. The van der Waals surface area contributed by atoms with Crippen molar-refractivity contribution in [1.82, 2.24) is 0 Å². The van der Waals surface area contributed by atoms with E-state index in [1.807, 2.05) is 67.6 Å². The molecule has 0 aliphatic carbocycles. The number of rotatable bonds is 6. The summed E-state index contributed by atoms with van der Waals surface area (Å²) in [5, 5.41) is 13.1. The number of benzene rings is 3. The van der Waals surface area contributed by atoms with Crippen molar-refractivity contribution in [3.05, 3.63) is 108 Å². The maximum atomic E-state index is 12.6. The van der Waals surface area contributed by atoms with Gasteiger partial charge in [0.1, 0.15) is 0 Å². The normalized spacial score (nSPS) is 12.0. The van der Waals surface area contributed by atoms with Crippen LogP contribution in [0.25, 0.3) is 5.76 Å². The molecule has 0 N–H and O–H groups in total. The lowest BCUT2D eigenvalue weighted by Crippen LogP contribution is -2.07. The van der Waals surface area contributed by atoms with Gasteiger partial charge in [-0.3, -0.25) is 4.79 Å². The summed E-state index contributed by atoms with van der Waals surface area (Å²) in [5.41, 5.74) is 3.13. The van der Waals surface area contributed by atoms with Crippen LogP contribution in [-0.4, -0.2) is 16.6 Å². The van der Waals surface area contributed by atoms with E-state index in [9.17, 15) is 9.90 Å². The van der Waals surface area contributed by atoms with Crippen LogP contribution in [-0.2, 0) is 0 Å². The van der Waals surface area contributed by atoms with E-state index in [1.165, 1.54) is 17.8 Å². The highest BCUT2D eigenvalue weighted by atomic mass is 32.2. The first-order chi connectivity index (χ1) is 13.6. The molecule has 3 nitrogen and oxygen atoms in total. The number of carbonyl (C=O) groups is 1. The van der Waals surface area contributed by atoms with Crippen LogP contribution in [0, 0.1) is 6.92 Å². The molecule has 0 aliphatic rings. The average Bonchev–Trinajstić information content (AvgIpc) is 2.74. The Labute approximate surface area is 169 Å². The van der Waals surface area contributed by atoms with Gasteiger partial charge in [0.2, 0.25) is 0 Å². The quantitative estimate of drug-likeness (QED) is 0.258. The molecule has 28 heavy (non-hydrogen) atoms. The summed E-state index contributed by atoms with van der Waals surface area (Å²) in [6.45, 7) is 2.01. The standard InChI is InChI=1S/C24H21NO2S/c1-18-12-14-21(15-13-18)25-24(16-22(26)19-8-4-2-5-9-19)28-17-23(27)20-10-6-3-7-11-20/h2-16,26H,17H2,1H3/p-1. The van der Waals surface area contributed by atoms with Crippen molar-refractivity contribution in [2.24, 2.45) is 4.99 Å². The van der Waals surface area contributed by atoms with Gasteiger partial charge in [0.05, 0.1) is 16.5 Å². The molecular formula is C24H20NO2S-. The molecule has 0 unspecified atom stereocenters. The summed E-state index contributed by atoms with van der Waals surface area (Å²) < 4.78 is 0. The van der Waals surface area contributed by atoms with Crippen molar-refractivity contribution in [3.8, 4) is 0 Å². The van der Waals surface area contributed by atoms with Crippen LogP contribution >= 0.6 is 11.8 Å². The van der Waals surface area contributed by atoms with Crippen molar-refractivity contribution in [2.45, 2.75) is 6.92 Å². The van der Waals surface area contributed by atoms with Gasteiger partial charge in [-0.05, 0) is 30.7 Å². The van der Waals surface area contributed by atoms with Crippen LogP contribution in [0.3, 0.4) is 0 Å². The lowest BCUT2D eigenvalue weighted by molar-refractivity contribution is -0.243. The number of hydrogen-bond donors (Lipinski definition) is 0. The van der Waals surface area contributed by atoms with Crippen LogP contribution in [0.1, 0.15) is 21.5 Å². The fourth-order valence-electron chi connectivity index (χ4n) is 2.50. The fraction of sp³-hybridized carbons (Fsp3) is 0.0833. The van der Waals surface area contributed by atoms with Crippen LogP contribution in [0.4, 0.5) is 5.69 Å². The number of ketones is 1. The first-order valence-corrected chi connectivity index (χ1v) is 9.91. The van der Waals surface area contributed by atoms with E-state index in [1.54, 1.807) is 24.3 Å². The first kappa shape index (κ1) is 19.6. The van der Waals surface area contributed by atoms with Crippen molar-refractivity contribution in [2.75, 3.05) is 5.75 Å². The summed E-state index contributed by atoms with van der Waals surface area (Å²) in [6, 6.07) is 25.9. The Hall–Kier alpha value is -3.11. The zero-order chi connectivity index (χ0) is 19.8. The maximum Gasteiger partial charge on any atom is 0.173 e. The van der Waals surface area contributed by atoms with E-state index >= 15 is 0 Å². The molecule has 0 aromatic heterocycles. The minimum Gasteiger partial charge on any atom is -0.872 e. The van der Waals surface area contributed by atoms with Crippen LogP contribution in [0.5, 0.6) is 0 Å². The van der Waals surface area contributed by atoms with E-state index in [0.29, 0.717) is 16.2 Å². The highest BCUT2D eigenvalue weighted by Gasteiger charge is 2.08. The van der Waals surface area contributed by atoms with E-state index < -0.39 is 0 Å². The van der Waals surface area contributed by atoms with Gasteiger partial charge >= 0.3 is 0 Å². The largest absolute Gasteiger partial charge is 0.872 e. The second kappa shape index (κ2) is 9.72. The molecule has 0 spiro atoms. The van der Waals surface area contributed by atoms with Gasteiger partial charge in [-0.15, -0.1) is 0 Å². The summed E-state index contributed by atoms with van der Waals surface area (Å²) in [7, 11) is 0. The van der Waals surface area contributed by atoms with E-state index in [2.05, 4.69) is 4.99 Å². The Kier molecular flexibility index (Phi) is 6.82. The SMILES string of the molecule is Cc1ccc(N=C(C=C([O-])c2ccccc2)SCC(=O)c2ccccc2)cc1. The predicted molar refractivity (Wildman–Crippen MR) is 116 cm³/mol. The molecule has 0 fully saturated rings. The van der Waals surface area contributed by atoms with Gasteiger partial charge in [0, 0.05) is 5.56 Å². The topological polar surface area (TPSA) is 52.5 Å². The molecule has 3 aromatic carbocycles.